The van der Waals surface area contributed by atoms with Gasteiger partial charge in [0.2, 0.25) is 0 Å². The Balaban J connectivity index is 3.17. The number of nitro benzene ring substituents is 1. The van der Waals surface area contributed by atoms with Crippen LogP contribution in [0.5, 0.6) is 0 Å². The number of nitrogens with zero attached hydrogens (tertiary/aromatic N) is 1. The van der Waals surface area contributed by atoms with E-state index in [0.29, 0.717) is 12.2 Å². The number of hydrogen-bond donors (Lipinski definition) is 2. The van der Waals surface area contributed by atoms with E-state index < -0.39 is 12.5 Å². The summed E-state index contributed by atoms with van der Waals surface area (Å²) in [6.45, 7) is 10.0. The molecule has 0 radical (unpaired) electrons. The van der Waals surface area contributed by atoms with E-state index in [1.165, 1.54) is 24.3 Å². The van der Waals surface area contributed by atoms with Gasteiger partial charge in [0.15, 0.2) is 0 Å². The van der Waals surface area contributed by atoms with Crippen molar-refractivity contribution in [2.75, 3.05) is 25.1 Å². The van der Waals surface area contributed by atoms with E-state index in [1.54, 1.807) is 26.0 Å². The largest absolute Gasteiger partial charge is 0.377 e. The van der Waals surface area contributed by atoms with Crippen LogP contribution in [0.25, 0.3) is 0 Å². The van der Waals surface area contributed by atoms with Gasteiger partial charge in [0, 0.05) is 30.4 Å². The molecule has 0 aliphatic heterocycles. The molecule has 2 N–H and O–H groups in total. The average Bonchev–Trinajstić information content (AvgIpc) is 2.60. The molecule has 0 saturated heterocycles. The van der Waals surface area contributed by atoms with E-state index in [1.807, 2.05) is 6.92 Å². The maximum absolute atomic E-state index is 13.2. The maximum atomic E-state index is 13.2. The lowest BCUT2D eigenvalue weighted by Crippen LogP contribution is -2.25. The molecular formula is C17H26N3O5P. The molecule has 0 saturated carbocycles. The highest BCUT2D eigenvalue weighted by atomic mass is 31.2. The predicted octanol–water partition coefficient (Wildman–Crippen LogP) is 4.28. The van der Waals surface area contributed by atoms with Crippen molar-refractivity contribution in [1.82, 2.24) is 5.32 Å². The normalized spacial score (nSPS) is 13.3. The second-order valence-electron chi connectivity index (χ2n) is 5.30. The summed E-state index contributed by atoms with van der Waals surface area (Å²) in [5.74, 6) is 0. The number of hydrogen-bond acceptors (Lipinski definition) is 7. The predicted molar refractivity (Wildman–Crippen MR) is 103 cm³/mol. The first kappa shape index (κ1) is 22.1. The molecule has 0 spiro atoms. The summed E-state index contributed by atoms with van der Waals surface area (Å²) in [5.41, 5.74) is 0.788. The highest BCUT2D eigenvalue weighted by Gasteiger charge is 2.30. The number of nitro groups is 1. The van der Waals surface area contributed by atoms with Gasteiger partial charge in [0.05, 0.1) is 18.1 Å². The molecule has 0 amide bonds. The third-order valence-electron chi connectivity index (χ3n) is 3.24. The van der Waals surface area contributed by atoms with Crippen molar-refractivity contribution < 1.29 is 18.5 Å². The zero-order valence-electron chi connectivity index (χ0n) is 15.3. The van der Waals surface area contributed by atoms with Gasteiger partial charge >= 0.3 is 7.60 Å². The fraction of sp³-hybridized carbons (Fsp3) is 0.412. The summed E-state index contributed by atoms with van der Waals surface area (Å²) >= 11 is 0. The Hall–Kier alpha value is -1.99. The van der Waals surface area contributed by atoms with Crippen molar-refractivity contribution >= 4 is 19.0 Å². The van der Waals surface area contributed by atoms with Crippen molar-refractivity contribution in [3.05, 3.63) is 58.5 Å². The van der Waals surface area contributed by atoms with Crippen LogP contribution in [-0.4, -0.2) is 30.7 Å². The van der Waals surface area contributed by atoms with Crippen molar-refractivity contribution in [3.63, 3.8) is 0 Å². The molecular weight excluding hydrogens is 357 g/mol. The summed E-state index contributed by atoms with van der Waals surface area (Å²) in [5, 5.41) is 17.0. The molecule has 0 fully saturated rings. The van der Waals surface area contributed by atoms with Crippen LogP contribution in [0.1, 0.15) is 20.8 Å². The lowest BCUT2D eigenvalue weighted by molar-refractivity contribution is -0.384. The van der Waals surface area contributed by atoms with Crippen molar-refractivity contribution in [1.29, 1.82) is 0 Å². The molecule has 1 aromatic rings. The van der Waals surface area contributed by atoms with Gasteiger partial charge in [0.25, 0.3) is 5.69 Å². The lowest BCUT2D eigenvalue weighted by atomic mass is 10.3. The molecule has 26 heavy (non-hydrogen) atoms. The first-order chi connectivity index (χ1) is 12.4. The molecule has 8 nitrogen and oxygen atoms in total. The van der Waals surface area contributed by atoms with Crippen molar-refractivity contribution in [2.24, 2.45) is 0 Å². The van der Waals surface area contributed by atoms with Crippen LogP contribution in [0.15, 0.2) is 48.4 Å². The minimum absolute atomic E-state index is 0.0279. The minimum atomic E-state index is -3.56. The van der Waals surface area contributed by atoms with E-state index in [-0.39, 0.29) is 30.4 Å². The first-order valence-electron chi connectivity index (χ1n) is 8.33. The van der Waals surface area contributed by atoms with Crippen LogP contribution in [0.3, 0.4) is 0 Å². The number of anilines is 1. The molecule has 9 heteroatoms. The quantitative estimate of drug-likeness (QED) is 0.240. The summed E-state index contributed by atoms with van der Waals surface area (Å²) in [6.07, 6.45) is 3.44. The SMILES string of the molecule is C=CCNC(C)/C=C(/Nc1ccc([N+](=O)[O-])cc1)P(=O)(OCC)OCC. The zero-order valence-corrected chi connectivity index (χ0v) is 16.2. The smallest absolute Gasteiger partial charge is 0.349 e. The molecule has 0 aromatic heterocycles. The van der Waals surface area contributed by atoms with Crippen molar-refractivity contribution in [3.8, 4) is 0 Å². The second-order valence-corrected chi connectivity index (χ2v) is 7.29. The first-order valence-corrected chi connectivity index (χ1v) is 9.87. The van der Waals surface area contributed by atoms with E-state index in [4.69, 9.17) is 9.05 Å². The molecule has 0 heterocycles. The van der Waals surface area contributed by atoms with Gasteiger partial charge < -0.3 is 19.7 Å². The van der Waals surface area contributed by atoms with Gasteiger partial charge in [-0.3, -0.25) is 14.7 Å². The zero-order chi connectivity index (χ0) is 19.6. The standard InChI is InChI=1S/C17H26N3O5P/c1-5-12-18-14(4)13-17(26(23,24-6-2)25-7-3)19-15-8-10-16(11-9-15)20(21)22/h5,8-11,13-14,18-19H,1,6-7,12H2,2-4H3/b17-13-. The summed E-state index contributed by atoms with van der Waals surface area (Å²) < 4.78 is 24.0. The third-order valence-corrected chi connectivity index (χ3v) is 5.28. The van der Waals surface area contributed by atoms with E-state index in [2.05, 4.69) is 17.2 Å². The van der Waals surface area contributed by atoms with Crippen molar-refractivity contribution in [2.45, 2.75) is 26.8 Å². The van der Waals surface area contributed by atoms with Crippen LogP contribution in [-0.2, 0) is 13.6 Å². The number of non-ortho nitro benzene ring substituents is 1. The molecule has 1 atom stereocenters. The fourth-order valence-electron chi connectivity index (χ4n) is 2.10. The Kier molecular flexibility index (Phi) is 9.23. The van der Waals surface area contributed by atoms with Gasteiger partial charge in [-0.1, -0.05) is 6.08 Å². The van der Waals surface area contributed by atoms with Crippen LogP contribution in [0.2, 0.25) is 0 Å². The van der Waals surface area contributed by atoms with Gasteiger partial charge in [-0.2, -0.15) is 0 Å². The van der Waals surface area contributed by atoms with E-state index in [9.17, 15) is 14.7 Å². The van der Waals surface area contributed by atoms with Gasteiger partial charge in [-0.25, -0.2) is 0 Å². The van der Waals surface area contributed by atoms with Crippen LogP contribution in [0.4, 0.5) is 11.4 Å². The third kappa shape index (κ3) is 6.72. The highest BCUT2D eigenvalue weighted by Crippen LogP contribution is 2.56. The highest BCUT2D eigenvalue weighted by molar-refractivity contribution is 7.58. The monoisotopic (exact) mass is 383 g/mol. The fourth-order valence-corrected chi connectivity index (χ4v) is 3.80. The Morgan fingerprint density at radius 2 is 1.88 bits per heavy atom. The summed E-state index contributed by atoms with van der Waals surface area (Å²) in [6, 6.07) is 5.67. The number of rotatable bonds is 12. The van der Waals surface area contributed by atoms with Crippen LogP contribution >= 0.6 is 7.60 Å². The van der Waals surface area contributed by atoms with E-state index in [0.717, 1.165) is 0 Å². The molecule has 144 valence electrons. The van der Waals surface area contributed by atoms with Crippen LogP contribution in [0, 0.1) is 10.1 Å². The molecule has 1 unspecified atom stereocenters. The van der Waals surface area contributed by atoms with Gasteiger partial charge in [0.1, 0.15) is 5.44 Å². The van der Waals surface area contributed by atoms with E-state index >= 15 is 0 Å². The Morgan fingerprint density at radius 3 is 2.35 bits per heavy atom. The lowest BCUT2D eigenvalue weighted by Gasteiger charge is -2.22. The molecule has 1 rings (SSSR count). The minimum Gasteiger partial charge on any atom is -0.349 e. The topological polar surface area (TPSA) is 103 Å². The Morgan fingerprint density at radius 1 is 1.31 bits per heavy atom. The molecule has 0 bridgehead atoms. The second kappa shape index (κ2) is 10.9. The number of benzene rings is 1. The number of nitrogens with one attached hydrogen (secondary N) is 2. The molecule has 0 aliphatic rings. The summed E-state index contributed by atoms with van der Waals surface area (Å²) in [4.78, 5) is 10.3. The Bertz CT molecular complexity index is 665. The summed E-state index contributed by atoms with van der Waals surface area (Å²) in [7, 11) is -3.56. The maximum Gasteiger partial charge on any atom is 0.377 e. The Labute approximate surface area is 154 Å². The van der Waals surface area contributed by atoms with Gasteiger partial charge in [-0.15, -0.1) is 6.58 Å². The molecule has 0 aliphatic carbocycles. The van der Waals surface area contributed by atoms with Crippen LogP contribution < -0.4 is 10.6 Å². The molecule has 1 aromatic carbocycles. The van der Waals surface area contributed by atoms with Gasteiger partial charge in [-0.05, 0) is 39.0 Å². The average molecular weight is 383 g/mol.